The van der Waals surface area contributed by atoms with Crippen LogP contribution in [0.3, 0.4) is 0 Å². The maximum absolute atomic E-state index is 13.7. The molecule has 6 aromatic rings. The molecule has 0 aliphatic rings. The molecule has 0 spiro atoms. The summed E-state index contributed by atoms with van der Waals surface area (Å²) in [6.07, 6.45) is 10.1. The molecule has 4 heterocycles. The lowest BCUT2D eigenvalue weighted by Crippen LogP contribution is -1.97. The normalized spacial score (nSPS) is 9.90. The Balaban J connectivity index is 0.000000182. The summed E-state index contributed by atoms with van der Waals surface area (Å²) >= 11 is 5.99. The minimum absolute atomic E-state index is 0.339. The van der Waals surface area contributed by atoms with Gasteiger partial charge in [-0.25, -0.2) is 24.3 Å². The zero-order chi connectivity index (χ0) is 29.6. The first kappa shape index (κ1) is 29.7. The molecule has 0 bridgehead atoms. The van der Waals surface area contributed by atoms with Gasteiger partial charge in [0.25, 0.3) is 0 Å². The number of nitrogens with zero attached hydrogens (tertiary/aromatic N) is 6. The van der Waals surface area contributed by atoms with Gasteiger partial charge in [0.15, 0.2) is 11.6 Å². The summed E-state index contributed by atoms with van der Waals surface area (Å²) in [6.45, 7) is 4.00. The van der Waals surface area contributed by atoms with Crippen molar-refractivity contribution in [1.82, 2.24) is 29.9 Å². The Morgan fingerprint density at radius 3 is 1.71 bits per heavy atom. The van der Waals surface area contributed by atoms with E-state index in [-0.39, 0.29) is 5.82 Å². The van der Waals surface area contributed by atoms with E-state index in [1.807, 2.05) is 68.4 Å². The average Bonchev–Trinajstić information content (AvgIpc) is 3.04. The molecule has 0 amide bonds. The number of hydrogen-bond acceptors (Lipinski definition) is 8. The molecule has 210 valence electrons. The number of rotatable bonds is 6. The number of nitrogens with one attached hydrogen (secondary N) is 2. The van der Waals surface area contributed by atoms with E-state index in [0.29, 0.717) is 28.1 Å². The lowest BCUT2D eigenvalue weighted by molar-refractivity contribution is 0.630. The van der Waals surface area contributed by atoms with Crippen molar-refractivity contribution in [1.29, 1.82) is 0 Å². The zero-order valence-corrected chi connectivity index (χ0v) is 23.7. The van der Waals surface area contributed by atoms with Gasteiger partial charge < -0.3 is 10.6 Å². The highest BCUT2D eigenvalue weighted by Gasteiger charge is 2.08. The molecule has 0 aliphatic carbocycles. The predicted molar refractivity (Wildman–Crippen MR) is 166 cm³/mol. The number of hydrogen-bond donors (Lipinski definition) is 2. The Bertz CT molecular complexity index is 1690. The van der Waals surface area contributed by atoms with Crippen LogP contribution in [-0.2, 0) is 0 Å². The molecule has 6 rings (SSSR count). The summed E-state index contributed by atoms with van der Waals surface area (Å²) in [7, 11) is 0. The van der Waals surface area contributed by atoms with E-state index >= 15 is 0 Å². The summed E-state index contributed by atoms with van der Waals surface area (Å²) in [5.74, 6) is 1.97. The Kier molecular flexibility index (Phi) is 11.0. The van der Waals surface area contributed by atoms with Crippen LogP contribution >= 0.6 is 11.6 Å². The minimum Gasteiger partial charge on any atom is -0.340 e. The van der Waals surface area contributed by atoms with E-state index in [1.165, 1.54) is 6.07 Å². The molecule has 2 aromatic carbocycles. The van der Waals surface area contributed by atoms with Crippen molar-refractivity contribution < 1.29 is 4.39 Å². The van der Waals surface area contributed by atoms with Crippen molar-refractivity contribution in [2.45, 2.75) is 13.8 Å². The van der Waals surface area contributed by atoms with Crippen LogP contribution in [0.2, 0.25) is 5.02 Å². The summed E-state index contributed by atoms with van der Waals surface area (Å²) in [4.78, 5) is 25.1. The van der Waals surface area contributed by atoms with Crippen LogP contribution in [-0.4, -0.2) is 29.9 Å². The van der Waals surface area contributed by atoms with E-state index < -0.39 is 0 Å². The maximum atomic E-state index is 13.7. The van der Waals surface area contributed by atoms with E-state index in [9.17, 15) is 4.39 Å². The third-order valence-electron chi connectivity index (χ3n) is 5.41. The maximum Gasteiger partial charge on any atom is 0.164 e. The lowest BCUT2D eigenvalue weighted by atomic mass is 10.2. The standard InChI is InChI=1S/C15H11ClN4.C15H11FN4.C2H6/c16-12-3-1-2-11(10-12)15-18-9-6-14(20-15)19-13-4-7-17-8-5-13;16-13-4-2-1-3-12(13)15-18-10-7-14(20-15)19-11-5-8-17-9-6-11;1-2/h2*1-10H,(H,17,18,19,20);1-2H3. The Morgan fingerprint density at radius 2 is 1.14 bits per heavy atom. The van der Waals surface area contributed by atoms with Gasteiger partial charge in [-0.05, 0) is 60.7 Å². The molecule has 8 nitrogen and oxygen atoms in total. The first-order valence-corrected chi connectivity index (χ1v) is 13.5. The summed E-state index contributed by atoms with van der Waals surface area (Å²) < 4.78 is 13.7. The van der Waals surface area contributed by atoms with Gasteiger partial charge in [0.05, 0.1) is 5.56 Å². The SMILES string of the molecule is CC.Clc1cccc(-c2nccc(Nc3ccncc3)n2)c1.Fc1ccccc1-c1nccc(Nc2ccncc2)n1. The Morgan fingerprint density at radius 1 is 0.595 bits per heavy atom. The van der Waals surface area contributed by atoms with Crippen molar-refractivity contribution in [3.63, 3.8) is 0 Å². The second-order valence-corrected chi connectivity index (χ2v) is 8.68. The van der Waals surface area contributed by atoms with Gasteiger partial charge in [0, 0.05) is 59.1 Å². The molecule has 0 aliphatic heterocycles. The largest absolute Gasteiger partial charge is 0.340 e. The summed E-state index contributed by atoms with van der Waals surface area (Å²) in [6, 6.07) is 24.8. The minimum atomic E-state index is -0.339. The van der Waals surface area contributed by atoms with E-state index in [0.717, 1.165) is 22.8 Å². The highest BCUT2D eigenvalue weighted by Crippen LogP contribution is 2.22. The number of anilines is 4. The van der Waals surface area contributed by atoms with Gasteiger partial charge in [-0.3, -0.25) is 9.97 Å². The van der Waals surface area contributed by atoms with Crippen molar-refractivity contribution in [2.75, 3.05) is 10.6 Å². The van der Waals surface area contributed by atoms with Crippen LogP contribution in [0.15, 0.2) is 122 Å². The molecule has 42 heavy (non-hydrogen) atoms. The lowest BCUT2D eigenvalue weighted by Gasteiger charge is -2.07. The van der Waals surface area contributed by atoms with Gasteiger partial charge in [0.1, 0.15) is 17.5 Å². The van der Waals surface area contributed by atoms with Gasteiger partial charge in [-0.2, -0.15) is 0 Å². The molecular weight excluding hydrogens is 551 g/mol. The molecule has 0 fully saturated rings. The van der Waals surface area contributed by atoms with Crippen LogP contribution in [0, 0.1) is 5.82 Å². The van der Waals surface area contributed by atoms with E-state index in [1.54, 1.807) is 61.4 Å². The molecular formula is C32H28ClFN8. The van der Waals surface area contributed by atoms with Gasteiger partial charge in [0.2, 0.25) is 0 Å². The van der Waals surface area contributed by atoms with Crippen LogP contribution < -0.4 is 10.6 Å². The number of halogens is 2. The fourth-order valence-electron chi connectivity index (χ4n) is 3.56. The Labute approximate surface area is 248 Å². The smallest absolute Gasteiger partial charge is 0.164 e. The van der Waals surface area contributed by atoms with Crippen LogP contribution in [0.5, 0.6) is 0 Å². The van der Waals surface area contributed by atoms with Crippen molar-refractivity contribution in [3.05, 3.63) is 133 Å². The average molecular weight is 579 g/mol. The number of aromatic nitrogens is 6. The molecule has 2 N–H and O–H groups in total. The summed E-state index contributed by atoms with van der Waals surface area (Å²) in [5, 5.41) is 6.99. The van der Waals surface area contributed by atoms with Crippen molar-refractivity contribution >= 4 is 34.6 Å². The van der Waals surface area contributed by atoms with Gasteiger partial charge in [-0.15, -0.1) is 0 Å². The fourth-order valence-corrected chi connectivity index (χ4v) is 3.75. The molecule has 4 aromatic heterocycles. The zero-order valence-electron chi connectivity index (χ0n) is 23.0. The van der Waals surface area contributed by atoms with E-state index in [4.69, 9.17) is 11.6 Å². The van der Waals surface area contributed by atoms with Crippen LogP contribution in [0.25, 0.3) is 22.8 Å². The number of pyridine rings is 2. The quantitative estimate of drug-likeness (QED) is 0.203. The summed E-state index contributed by atoms with van der Waals surface area (Å²) in [5.41, 5.74) is 3.05. The highest BCUT2D eigenvalue weighted by molar-refractivity contribution is 6.30. The number of benzene rings is 2. The molecule has 0 saturated carbocycles. The van der Waals surface area contributed by atoms with Crippen LogP contribution in [0.1, 0.15) is 13.8 Å². The monoisotopic (exact) mass is 578 g/mol. The molecule has 0 saturated heterocycles. The topological polar surface area (TPSA) is 101 Å². The second kappa shape index (κ2) is 15.5. The predicted octanol–water partition coefficient (Wildman–Crippen LogP) is 8.38. The first-order chi connectivity index (χ1) is 20.6. The molecule has 0 unspecified atom stereocenters. The fraction of sp³-hybridized carbons (Fsp3) is 0.0625. The van der Waals surface area contributed by atoms with Crippen LogP contribution in [0.4, 0.5) is 27.4 Å². The van der Waals surface area contributed by atoms with Gasteiger partial charge >= 0.3 is 0 Å². The molecule has 0 atom stereocenters. The van der Waals surface area contributed by atoms with Gasteiger partial charge in [-0.1, -0.05) is 49.7 Å². The van der Waals surface area contributed by atoms with E-state index in [2.05, 4.69) is 40.5 Å². The first-order valence-electron chi connectivity index (χ1n) is 13.1. The highest BCUT2D eigenvalue weighted by atomic mass is 35.5. The third kappa shape index (κ3) is 8.61. The second-order valence-electron chi connectivity index (χ2n) is 8.24. The van der Waals surface area contributed by atoms with Crippen molar-refractivity contribution in [3.8, 4) is 22.8 Å². The molecule has 0 radical (unpaired) electrons. The molecule has 10 heteroatoms. The van der Waals surface area contributed by atoms with Crippen molar-refractivity contribution in [2.24, 2.45) is 0 Å². The third-order valence-corrected chi connectivity index (χ3v) is 5.65. The Hall–Kier alpha value is -5.28.